The minimum Gasteiger partial charge on any atom is -0.477 e. The number of aliphatic carboxylic acids is 1. The summed E-state index contributed by atoms with van der Waals surface area (Å²) in [6.07, 6.45) is 4.91. The van der Waals surface area contributed by atoms with Gasteiger partial charge in [0.2, 0.25) is 5.91 Å². The molecule has 2 aromatic rings. The maximum Gasteiger partial charge on any atom is 0.343 e. The maximum atomic E-state index is 12.3. The van der Waals surface area contributed by atoms with Crippen LogP contribution in [0.25, 0.3) is 0 Å². The number of anilines is 2. The van der Waals surface area contributed by atoms with Crippen LogP contribution in [0.5, 0.6) is 0 Å². The van der Waals surface area contributed by atoms with Crippen LogP contribution in [0.1, 0.15) is 42.5 Å². The van der Waals surface area contributed by atoms with E-state index in [4.69, 9.17) is 5.73 Å². The van der Waals surface area contributed by atoms with Crippen molar-refractivity contribution in [3.8, 4) is 0 Å². The second-order valence-electron chi connectivity index (χ2n) is 8.96. The summed E-state index contributed by atoms with van der Waals surface area (Å²) in [5, 5.41) is 9.63. The number of unbranched alkanes of at least 4 members (excludes halogenated alkanes) is 1. The van der Waals surface area contributed by atoms with E-state index in [0.29, 0.717) is 17.9 Å². The van der Waals surface area contributed by atoms with Gasteiger partial charge in [0.15, 0.2) is 5.78 Å². The molecule has 0 aromatic heterocycles. The van der Waals surface area contributed by atoms with Gasteiger partial charge >= 0.3 is 5.97 Å². The second-order valence-corrected chi connectivity index (χ2v) is 8.96. The fraction of sp³-hybridized carbons (Fsp3) is 0.370. The SMILES string of the molecule is NC(=O)c1ccccc1.O=C(O)C1=C2N(CCCCN3CCCC3)c3ccccc3N2CCC1=O. The van der Waals surface area contributed by atoms with Gasteiger partial charge in [0.25, 0.3) is 0 Å². The molecule has 1 saturated heterocycles. The van der Waals surface area contributed by atoms with Crippen LogP contribution in [0.2, 0.25) is 0 Å². The van der Waals surface area contributed by atoms with Gasteiger partial charge in [-0.3, -0.25) is 9.59 Å². The molecule has 3 heterocycles. The van der Waals surface area contributed by atoms with E-state index in [2.05, 4.69) is 4.90 Å². The zero-order chi connectivity index (χ0) is 24.8. The molecule has 1 amide bonds. The Morgan fingerprint density at radius 3 is 2.11 bits per heavy atom. The number of carbonyl (C=O) groups is 3. The predicted octanol–water partition coefficient (Wildman–Crippen LogP) is 3.24. The van der Waals surface area contributed by atoms with Crippen LogP contribution >= 0.6 is 0 Å². The van der Waals surface area contributed by atoms with Crippen molar-refractivity contribution < 1.29 is 19.5 Å². The quantitative estimate of drug-likeness (QED) is 0.467. The molecular formula is C27H32N4O4. The number of Topliss-reactive ketones (excluding diaryl/α,β-unsaturated/α-hetero) is 1. The number of ketones is 1. The molecule has 5 rings (SSSR count). The van der Waals surface area contributed by atoms with Gasteiger partial charge in [-0.05, 0) is 69.6 Å². The molecule has 3 N–H and O–H groups in total. The Morgan fingerprint density at radius 2 is 1.49 bits per heavy atom. The fourth-order valence-corrected chi connectivity index (χ4v) is 4.91. The van der Waals surface area contributed by atoms with Gasteiger partial charge in [-0.15, -0.1) is 0 Å². The van der Waals surface area contributed by atoms with Crippen LogP contribution in [0.4, 0.5) is 11.4 Å². The average Bonchev–Trinajstić information content (AvgIpc) is 3.49. The first-order valence-electron chi connectivity index (χ1n) is 12.2. The first-order chi connectivity index (χ1) is 17.0. The summed E-state index contributed by atoms with van der Waals surface area (Å²) >= 11 is 0. The summed E-state index contributed by atoms with van der Waals surface area (Å²) in [4.78, 5) is 41.0. The Balaban J connectivity index is 0.000000271. The van der Waals surface area contributed by atoms with E-state index in [1.807, 2.05) is 40.1 Å². The number of para-hydroxylation sites is 2. The molecule has 0 radical (unpaired) electrons. The molecular weight excluding hydrogens is 444 g/mol. The summed E-state index contributed by atoms with van der Waals surface area (Å²) in [6, 6.07) is 16.7. The van der Waals surface area contributed by atoms with E-state index in [0.717, 1.165) is 37.3 Å². The zero-order valence-electron chi connectivity index (χ0n) is 19.9. The van der Waals surface area contributed by atoms with Crippen molar-refractivity contribution in [1.82, 2.24) is 4.90 Å². The van der Waals surface area contributed by atoms with E-state index < -0.39 is 5.97 Å². The largest absolute Gasteiger partial charge is 0.477 e. The van der Waals surface area contributed by atoms with Crippen molar-refractivity contribution in [2.75, 3.05) is 42.5 Å². The topological polar surface area (TPSA) is 107 Å². The lowest BCUT2D eigenvalue weighted by atomic mass is 10.0. The Morgan fingerprint density at radius 1 is 0.857 bits per heavy atom. The predicted molar refractivity (Wildman–Crippen MR) is 135 cm³/mol. The smallest absolute Gasteiger partial charge is 0.343 e. The van der Waals surface area contributed by atoms with Gasteiger partial charge < -0.3 is 25.5 Å². The lowest BCUT2D eigenvalue weighted by molar-refractivity contribution is -0.134. The Bertz CT molecular complexity index is 1110. The third-order valence-corrected chi connectivity index (χ3v) is 6.62. The Labute approximate surface area is 205 Å². The fourth-order valence-electron chi connectivity index (χ4n) is 4.91. The monoisotopic (exact) mass is 476 g/mol. The van der Waals surface area contributed by atoms with Gasteiger partial charge in [-0.2, -0.15) is 0 Å². The van der Waals surface area contributed by atoms with Crippen molar-refractivity contribution in [1.29, 1.82) is 0 Å². The molecule has 0 bridgehead atoms. The van der Waals surface area contributed by atoms with E-state index in [-0.39, 0.29) is 23.7 Å². The highest BCUT2D eigenvalue weighted by atomic mass is 16.4. The maximum absolute atomic E-state index is 12.3. The molecule has 3 aliphatic rings. The molecule has 0 aliphatic carbocycles. The van der Waals surface area contributed by atoms with Gasteiger partial charge in [0, 0.05) is 25.1 Å². The lowest BCUT2D eigenvalue weighted by Crippen LogP contribution is -2.39. The van der Waals surface area contributed by atoms with E-state index in [1.165, 1.54) is 25.9 Å². The summed E-state index contributed by atoms with van der Waals surface area (Å²) in [5.74, 6) is -1.20. The van der Waals surface area contributed by atoms with E-state index in [1.54, 1.807) is 24.3 Å². The summed E-state index contributed by atoms with van der Waals surface area (Å²) in [7, 11) is 0. The Hall–Kier alpha value is -3.65. The molecule has 8 nitrogen and oxygen atoms in total. The zero-order valence-corrected chi connectivity index (χ0v) is 19.9. The average molecular weight is 477 g/mol. The number of nitrogens with zero attached hydrogens (tertiary/aromatic N) is 3. The number of carboxylic acid groups (broad SMARTS) is 1. The molecule has 3 aliphatic heterocycles. The summed E-state index contributed by atoms with van der Waals surface area (Å²) in [5.41, 5.74) is 7.48. The van der Waals surface area contributed by atoms with Crippen LogP contribution in [-0.4, -0.2) is 60.4 Å². The van der Waals surface area contributed by atoms with Crippen LogP contribution < -0.4 is 15.5 Å². The van der Waals surface area contributed by atoms with Crippen LogP contribution in [0.15, 0.2) is 66.0 Å². The Kier molecular flexibility index (Phi) is 7.82. The number of hydrogen-bond donors (Lipinski definition) is 2. The molecule has 184 valence electrons. The van der Waals surface area contributed by atoms with Crippen molar-refractivity contribution in [3.63, 3.8) is 0 Å². The van der Waals surface area contributed by atoms with Crippen molar-refractivity contribution in [2.24, 2.45) is 5.73 Å². The van der Waals surface area contributed by atoms with Crippen molar-refractivity contribution in [3.05, 3.63) is 71.6 Å². The molecule has 2 aromatic carbocycles. The number of fused-ring (bicyclic) bond motifs is 3. The van der Waals surface area contributed by atoms with Gasteiger partial charge in [-0.1, -0.05) is 30.3 Å². The molecule has 0 unspecified atom stereocenters. The highest BCUT2D eigenvalue weighted by Gasteiger charge is 2.40. The van der Waals surface area contributed by atoms with Crippen LogP contribution in [0.3, 0.4) is 0 Å². The first kappa shape index (κ1) is 24.5. The number of primary amides is 1. The third-order valence-electron chi connectivity index (χ3n) is 6.62. The third kappa shape index (κ3) is 5.54. The van der Waals surface area contributed by atoms with Gasteiger partial charge in [-0.25, -0.2) is 4.79 Å². The summed E-state index contributed by atoms with van der Waals surface area (Å²) in [6.45, 7) is 4.78. The molecule has 1 fully saturated rings. The highest BCUT2D eigenvalue weighted by Crippen LogP contribution is 2.44. The lowest BCUT2D eigenvalue weighted by Gasteiger charge is -2.30. The highest BCUT2D eigenvalue weighted by molar-refractivity contribution is 6.19. The van der Waals surface area contributed by atoms with Crippen molar-refractivity contribution in [2.45, 2.75) is 32.1 Å². The second kappa shape index (κ2) is 11.2. The minimum absolute atomic E-state index is 0.0630. The number of hydrogen-bond acceptors (Lipinski definition) is 6. The summed E-state index contributed by atoms with van der Waals surface area (Å²) < 4.78 is 0. The van der Waals surface area contributed by atoms with Crippen LogP contribution in [-0.2, 0) is 9.59 Å². The number of benzene rings is 2. The minimum atomic E-state index is -1.12. The number of carbonyl (C=O) groups excluding carboxylic acids is 2. The van der Waals surface area contributed by atoms with E-state index >= 15 is 0 Å². The number of likely N-dealkylation sites (tertiary alicyclic amines) is 1. The van der Waals surface area contributed by atoms with Crippen LogP contribution in [0, 0.1) is 0 Å². The van der Waals surface area contributed by atoms with E-state index in [9.17, 15) is 19.5 Å². The molecule has 35 heavy (non-hydrogen) atoms. The number of carboxylic acids is 1. The standard InChI is InChI=1S/C20H25N3O3.C7H7NO/c24-17-9-14-23-16-8-2-1-7-15(16)22(19(23)18(17)20(25)26)13-6-5-12-21-10-3-4-11-21;8-7(9)6-4-2-1-3-5-6/h1-2,7-8H,3-6,9-14H2,(H,25,26);1-5H,(H2,8,9). The molecule has 8 heteroatoms. The number of rotatable bonds is 7. The van der Waals surface area contributed by atoms with Gasteiger partial charge in [0.05, 0.1) is 11.4 Å². The molecule has 0 spiro atoms. The normalized spacial score (nSPS) is 17.1. The number of amides is 1. The van der Waals surface area contributed by atoms with Gasteiger partial charge in [0.1, 0.15) is 11.4 Å². The molecule has 0 atom stereocenters. The van der Waals surface area contributed by atoms with Crippen molar-refractivity contribution >= 4 is 29.0 Å². The first-order valence-corrected chi connectivity index (χ1v) is 12.2. The number of nitrogens with two attached hydrogens (primary N) is 1. The molecule has 0 saturated carbocycles.